The van der Waals surface area contributed by atoms with Gasteiger partial charge in [-0.15, -0.1) is 0 Å². The van der Waals surface area contributed by atoms with E-state index in [4.69, 9.17) is 10.00 Å². The molecule has 0 aliphatic carbocycles. The summed E-state index contributed by atoms with van der Waals surface area (Å²) >= 11 is 0. The number of carbonyl (C=O) groups is 2. The quantitative estimate of drug-likeness (QED) is 0.413. The fraction of sp³-hybridized carbons (Fsp3) is 0.643. The molecule has 1 rings (SSSR count). The van der Waals surface area contributed by atoms with Crippen molar-refractivity contribution < 1.29 is 14.3 Å². The molecule has 1 fully saturated rings. The van der Waals surface area contributed by atoms with Gasteiger partial charge in [-0.05, 0) is 6.42 Å². The Morgan fingerprint density at radius 3 is 2.52 bits per heavy atom. The number of carbonyl (C=O) groups excluding carboxylic acids is 2. The number of amides is 2. The minimum absolute atomic E-state index is 0.0509. The highest BCUT2D eigenvalue weighted by Gasteiger charge is 2.18. The molecule has 116 valence electrons. The summed E-state index contributed by atoms with van der Waals surface area (Å²) in [5.41, 5.74) is 0.0868. The normalized spacial score (nSPS) is 15.6. The maximum atomic E-state index is 11.8. The molecule has 0 unspecified atom stereocenters. The van der Waals surface area contributed by atoms with Gasteiger partial charge in [-0.2, -0.15) is 5.26 Å². The van der Waals surface area contributed by atoms with Gasteiger partial charge in [0.15, 0.2) is 0 Å². The van der Waals surface area contributed by atoms with Crippen molar-refractivity contribution in [2.75, 3.05) is 46.4 Å². The van der Waals surface area contributed by atoms with Crippen LogP contribution >= 0.6 is 0 Å². The third kappa shape index (κ3) is 5.83. The predicted molar refractivity (Wildman–Crippen MR) is 77.0 cm³/mol. The van der Waals surface area contributed by atoms with Crippen LogP contribution in [0.25, 0.3) is 0 Å². The second-order valence-electron chi connectivity index (χ2n) is 4.80. The number of rotatable bonds is 6. The number of ether oxygens (including phenoxy) is 1. The highest BCUT2D eigenvalue weighted by atomic mass is 16.5. The van der Waals surface area contributed by atoms with E-state index in [1.165, 1.54) is 0 Å². The Morgan fingerprint density at radius 1 is 1.33 bits per heavy atom. The first kappa shape index (κ1) is 17.0. The molecule has 7 nitrogen and oxygen atoms in total. The van der Waals surface area contributed by atoms with Crippen LogP contribution in [0.3, 0.4) is 0 Å². The summed E-state index contributed by atoms with van der Waals surface area (Å²) in [6.07, 6.45) is 2.28. The molecule has 0 aromatic heterocycles. The maximum Gasteiger partial charge on any atom is 0.263 e. The summed E-state index contributed by atoms with van der Waals surface area (Å²) in [6.45, 7) is 5.06. The standard InChI is InChI=1S/C14H22N4O3/c1-12(19)18-7-5-17(6-8-18)11-13(10-15)14(20)16-4-3-9-21-2/h11H,3-9H2,1-2H3,(H,16,20)/b13-11-. The van der Waals surface area contributed by atoms with Crippen LogP contribution in [-0.2, 0) is 14.3 Å². The van der Waals surface area contributed by atoms with Crippen LogP contribution in [0.1, 0.15) is 13.3 Å². The third-order valence-corrected chi connectivity index (χ3v) is 3.25. The Morgan fingerprint density at radius 2 is 2.00 bits per heavy atom. The van der Waals surface area contributed by atoms with Crippen LogP contribution < -0.4 is 5.32 Å². The lowest BCUT2D eigenvalue weighted by atomic mass is 10.2. The van der Waals surface area contributed by atoms with Crippen molar-refractivity contribution in [3.63, 3.8) is 0 Å². The van der Waals surface area contributed by atoms with E-state index in [0.717, 1.165) is 0 Å². The lowest BCUT2D eigenvalue weighted by Gasteiger charge is -2.33. The number of piperazine rings is 1. The smallest absolute Gasteiger partial charge is 0.263 e. The second kappa shape index (κ2) is 8.97. The van der Waals surface area contributed by atoms with Crippen molar-refractivity contribution in [3.05, 3.63) is 11.8 Å². The summed E-state index contributed by atoms with van der Waals surface area (Å²) in [5.74, 6) is -0.322. The average Bonchev–Trinajstić information content (AvgIpc) is 2.49. The Balaban J connectivity index is 2.46. The van der Waals surface area contributed by atoms with E-state index in [0.29, 0.717) is 45.8 Å². The minimum Gasteiger partial charge on any atom is -0.385 e. The summed E-state index contributed by atoms with van der Waals surface area (Å²) in [7, 11) is 1.60. The summed E-state index contributed by atoms with van der Waals surface area (Å²) < 4.78 is 4.89. The van der Waals surface area contributed by atoms with Gasteiger partial charge in [0.25, 0.3) is 5.91 Å². The molecule has 1 aliphatic heterocycles. The maximum absolute atomic E-state index is 11.8. The molecular weight excluding hydrogens is 272 g/mol. The highest BCUT2D eigenvalue weighted by Crippen LogP contribution is 2.05. The van der Waals surface area contributed by atoms with E-state index >= 15 is 0 Å². The number of nitriles is 1. The molecule has 0 spiro atoms. The first-order valence-electron chi connectivity index (χ1n) is 6.97. The number of methoxy groups -OCH3 is 1. The zero-order chi connectivity index (χ0) is 15.7. The van der Waals surface area contributed by atoms with Gasteiger partial charge >= 0.3 is 0 Å². The van der Waals surface area contributed by atoms with E-state index in [1.54, 1.807) is 25.1 Å². The minimum atomic E-state index is -0.373. The van der Waals surface area contributed by atoms with E-state index < -0.39 is 0 Å². The summed E-state index contributed by atoms with van der Waals surface area (Å²) in [4.78, 5) is 26.7. The van der Waals surface area contributed by atoms with Gasteiger partial charge in [-0.3, -0.25) is 9.59 Å². The van der Waals surface area contributed by atoms with Crippen molar-refractivity contribution in [1.29, 1.82) is 5.26 Å². The second-order valence-corrected chi connectivity index (χ2v) is 4.80. The van der Waals surface area contributed by atoms with Crippen LogP contribution in [0, 0.1) is 11.3 Å². The van der Waals surface area contributed by atoms with Gasteiger partial charge in [0.05, 0.1) is 0 Å². The Bertz CT molecular complexity index is 434. The molecule has 1 heterocycles. The van der Waals surface area contributed by atoms with Crippen LogP contribution in [-0.4, -0.2) is 68.1 Å². The zero-order valence-electron chi connectivity index (χ0n) is 12.6. The summed E-state index contributed by atoms with van der Waals surface area (Å²) in [6, 6.07) is 1.92. The van der Waals surface area contributed by atoms with E-state index in [2.05, 4.69) is 5.32 Å². The van der Waals surface area contributed by atoms with Crippen molar-refractivity contribution in [2.45, 2.75) is 13.3 Å². The molecule has 0 atom stereocenters. The lowest BCUT2D eigenvalue weighted by molar-refractivity contribution is -0.130. The highest BCUT2D eigenvalue weighted by molar-refractivity contribution is 5.97. The van der Waals surface area contributed by atoms with Gasteiger partial charge < -0.3 is 19.9 Å². The van der Waals surface area contributed by atoms with Crippen molar-refractivity contribution in [3.8, 4) is 6.07 Å². The Labute approximate surface area is 125 Å². The van der Waals surface area contributed by atoms with E-state index in [9.17, 15) is 9.59 Å². The predicted octanol–water partition coefficient (Wildman–Crippen LogP) is -0.289. The molecule has 2 amide bonds. The molecule has 1 saturated heterocycles. The molecule has 1 aliphatic rings. The number of hydrogen-bond donors (Lipinski definition) is 1. The SMILES string of the molecule is COCCCNC(=O)/C(C#N)=C\N1CCN(C(C)=O)CC1. The Hall–Kier alpha value is -2.07. The van der Waals surface area contributed by atoms with Gasteiger partial charge in [0.2, 0.25) is 5.91 Å². The average molecular weight is 294 g/mol. The number of nitrogens with zero attached hydrogens (tertiary/aromatic N) is 3. The fourth-order valence-corrected chi connectivity index (χ4v) is 2.00. The molecular formula is C14H22N4O3. The van der Waals surface area contributed by atoms with Gasteiger partial charge in [0.1, 0.15) is 11.6 Å². The van der Waals surface area contributed by atoms with Crippen molar-refractivity contribution >= 4 is 11.8 Å². The monoisotopic (exact) mass is 294 g/mol. The first-order chi connectivity index (χ1) is 10.1. The molecule has 0 aromatic rings. The van der Waals surface area contributed by atoms with E-state index in [-0.39, 0.29) is 17.4 Å². The molecule has 0 saturated carbocycles. The largest absolute Gasteiger partial charge is 0.385 e. The van der Waals surface area contributed by atoms with Crippen molar-refractivity contribution in [1.82, 2.24) is 15.1 Å². The fourth-order valence-electron chi connectivity index (χ4n) is 2.00. The van der Waals surface area contributed by atoms with Gasteiger partial charge in [0, 0.05) is 59.6 Å². The van der Waals surface area contributed by atoms with Crippen LogP contribution in [0.2, 0.25) is 0 Å². The van der Waals surface area contributed by atoms with Crippen LogP contribution in [0.15, 0.2) is 11.8 Å². The van der Waals surface area contributed by atoms with E-state index in [1.807, 2.05) is 11.0 Å². The third-order valence-electron chi connectivity index (χ3n) is 3.25. The number of nitrogens with one attached hydrogen (secondary N) is 1. The zero-order valence-corrected chi connectivity index (χ0v) is 12.6. The Kier molecular flexibility index (Phi) is 7.26. The van der Waals surface area contributed by atoms with Crippen LogP contribution in [0.5, 0.6) is 0 Å². The molecule has 7 heteroatoms. The van der Waals surface area contributed by atoms with Gasteiger partial charge in [-0.1, -0.05) is 0 Å². The summed E-state index contributed by atoms with van der Waals surface area (Å²) in [5, 5.41) is 11.8. The lowest BCUT2D eigenvalue weighted by Crippen LogP contribution is -2.46. The molecule has 0 bridgehead atoms. The molecule has 0 radical (unpaired) electrons. The molecule has 21 heavy (non-hydrogen) atoms. The topological polar surface area (TPSA) is 85.7 Å². The van der Waals surface area contributed by atoms with Crippen molar-refractivity contribution in [2.24, 2.45) is 0 Å². The first-order valence-corrected chi connectivity index (χ1v) is 6.97. The van der Waals surface area contributed by atoms with Gasteiger partial charge in [-0.25, -0.2) is 0 Å². The van der Waals surface area contributed by atoms with Crippen LogP contribution in [0.4, 0.5) is 0 Å². The molecule has 0 aromatic carbocycles. The number of hydrogen-bond acceptors (Lipinski definition) is 5. The molecule has 1 N–H and O–H groups in total.